The van der Waals surface area contributed by atoms with Gasteiger partial charge in [-0.2, -0.15) is 4.37 Å². The molecule has 9 heteroatoms. The van der Waals surface area contributed by atoms with Crippen LogP contribution in [-0.4, -0.2) is 47.6 Å². The van der Waals surface area contributed by atoms with E-state index >= 15 is 0 Å². The summed E-state index contributed by atoms with van der Waals surface area (Å²) in [6.07, 6.45) is 2.11. The van der Waals surface area contributed by atoms with Crippen LogP contribution in [0.1, 0.15) is 22.6 Å². The van der Waals surface area contributed by atoms with Gasteiger partial charge in [-0.1, -0.05) is 12.1 Å². The van der Waals surface area contributed by atoms with Gasteiger partial charge in [0.25, 0.3) is 0 Å². The van der Waals surface area contributed by atoms with Gasteiger partial charge in [0.1, 0.15) is 28.7 Å². The van der Waals surface area contributed by atoms with E-state index in [1.165, 1.54) is 17.9 Å². The predicted octanol–water partition coefficient (Wildman–Crippen LogP) is 4.23. The van der Waals surface area contributed by atoms with Crippen LogP contribution in [0.5, 0.6) is 11.5 Å². The lowest BCUT2D eigenvalue weighted by atomic mass is 9.80. The quantitative estimate of drug-likeness (QED) is 0.640. The molecular formula is C22H23FN4O3S. The van der Waals surface area contributed by atoms with Crippen molar-refractivity contribution in [1.29, 1.82) is 0 Å². The molecule has 0 radical (unpaired) electrons. The molecule has 0 aliphatic carbocycles. The van der Waals surface area contributed by atoms with Crippen LogP contribution in [-0.2, 0) is 5.41 Å². The minimum Gasteiger partial charge on any atom is -0.497 e. The van der Waals surface area contributed by atoms with Crippen molar-refractivity contribution < 1.29 is 18.7 Å². The number of rotatable bonds is 5. The topological polar surface area (TPSA) is 76.6 Å². The van der Waals surface area contributed by atoms with Gasteiger partial charge in [-0.25, -0.2) is 14.2 Å². The van der Waals surface area contributed by atoms with Crippen molar-refractivity contribution in [2.24, 2.45) is 0 Å². The van der Waals surface area contributed by atoms with Crippen molar-refractivity contribution in [1.82, 2.24) is 14.3 Å². The first-order valence-electron chi connectivity index (χ1n) is 9.78. The summed E-state index contributed by atoms with van der Waals surface area (Å²) in [5, 5.41) is 3.68. The molecular weight excluding hydrogens is 419 g/mol. The van der Waals surface area contributed by atoms with E-state index in [0.717, 1.165) is 10.6 Å². The molecule has 1 N–H and O–H groups in total. The number of urea groups is 1. The monoisotopic (exact) mass is 442 g/mol. The van der Waals surface area contributed by atoms with E-state index in [1.807, 2.05) is 6.07 Å². The van der Waals surface area contributed by atoms with E-state index in [2.05, 4.69) is 14.7 Å². The van der Waals surface area contributed by atoms with Gasteiger partial charge < -0.3 is 19.7 Å². The fourth-order valence-electron chi connectivity index (χ4n) is 3.90. The highest BCUT2D eigenvalue weighted by Gasteiger charge is 2.45. The predicted molar refractivity (Wildman–Crippen MR) is 117 cm³/mol. The summed E-state index contributed by atoms with van der Waals surface area (Å²) in [7, 11) is 3.10. The minimum atomic E-state index is -0.606. The Labute approximate surface area is 184 Å². The number of hydrogen-bond acceptors (Lipinski definition) is 6. The number of anilines is 1. The number of nitrogens with one attached hydrogen (secondary N) is 1. The molecule has 31 heavy (non-hydrogen) atoms. The summed E-state index contributed by atoms with van der Waals surface area (Å²) in [5.74, 6) is 0.866. The zero-order valence-corrected chi connectivity index (χ0v) is 18.3. The Hall–Kier alpha value is -3.20. The van der Waals surface area contributed by atoms with E-state index < -0.39 is 5.41 Å². The third-order valence-corrected chi connectivity index (χ3v) is 6.57. The molecule has 2 heterocycles. The molecule has 1 aliphatic heterocycles. The number of likely N-dealkylation sites (tertiary alicyclic amines) is 1. The zero-order chi connectivity index (χ0) is 22.0. The lowest BCUT2D eigenvalue weighted by Gasteiger charge is -2.28. The third kappa shape index (κ3) is 3.93. The van der Waals surface area contributed by atoms with Crippen LogP contribution < -0.4 is 14.8 Å². The van der Waals surface area contributed by atoms with Crippen molar-refractivity contribution in [3.05, 3.63) is 64.7 Å². The summed E-state index contributed by atoms with van der Waals surface area (Å²) in [6.45, 7) is 2.59. The number of ether oxygens (including phenoxy) is 2. The zero-order valence-electron chi connectivity index (χ0n) is 17.5. The number of halogens is 1. The second kappa shape index (κ2) is 8.50. The first kappa shape index (κ1) is 21.0. The molecule has 0 bridgehead atoms. The number of carbonyl (C=O) groups is 1. The van der Waals surface area contributed by atoms with Crippen molar-refractivity contribution in [2.45, 2.75) is 18.8 Å². The minimum absolute atomic E-state index is 0.273. The maximum Gasteiger partial charge on any atom is 0.321 e. The van der Waals surface area contributed by atoms with Crippen LogP contribution in [0.25, 0.3) is 0 Å². The molecule has 3 aromatic rings. The highest BCUT2D eigenvalue weighted by molar-refractivity contribution is 7.05. The van der Waals surface area contributed by atoms with E-state index in [4.69, 9.17) is 9.47 Å². The maximum absolute atomic E-state index is 14.4. The summed E-state index contributed by atoms with van der Waals surface area (Å²) in [4.78, 5) is 19.2. The van der Waals surface area contributed by atoms with Gasteiger partial charge in [-0.3, -0.25) is 0 Å². The highest BCUT2D eigenvalue weighted by Crippen LogP contribution is 2.42. The second-order valence-electron chi connectivity index (χ2n) is 7.46. The molecule has 2 amide bonds. The number of carbonyl (C=O) groups excluding carboxylic acids is 1. The van der Waals surface area contributed by atoms with Gasteiger partial charge in [-0.05, 0) is 54.2 Å². The Morgan fingerprint density at radius 3 is 2.74 bits per heavy atom. The van der Waals surface area contributed by atoms with Crippen LogP contribution in [0.4, 0.5) is 14.9 Å². The van der Waals surface area contributed by atoms with Crippen LogP contribution in [0, 0.1) is 12.7 Å². The van der Waals surface area contributed by atoms with Crippen LogP contribution >= 0.6 is 11.5 Å². The number of aryl methyl sites for hydroxylation is 1. The third-order valence-electron chi connectivity index (χ3n) is 5.70. The Morgan fingerprint density at radius 2 is 2.06 bits per heavy atom. The average Bonchev–Trinajstić information content (AvgIpc) is 3.46. The smallest absolute Gasteiger partial charge is 0.321 e. The molecule has 0 spiro atoms. The molecule has 1 fully saturated rings. The Morgan fingerprint density at radius 1 is 1.23 bits per heavy atom. The highest BCUT2D eigenvalue weighted by atomic mass is 32.1. The van der Waals surface area contributed by atoms with E-state index in [1.54, 1.807) is 56.4 Å². The molecule has 1 atom stereocenters. The van der Waals surface area contributed by atoms with Gasteiger partial charge in [0.2, 0.25) is 0 Å². The van der Waals surface area contributed by atoms with Crippen LogP contribution in [0.2, 0.25) is 0 Å². The summed E-state index contributed by atoms with van der Waals surface area (Å²) >= 11 is 1.27. The summed E-state index contributed by atoms with van der Waals surface area (Å²) in [5.41, 5.74) is 1.28. The lowest BCUT2D eigenvalue weighted by molar-refractivity contribution is 0.220. The van der Waals surface area contributed by atoms with Crippen LogP contribution in [0.15, 0.2) is 42.7 Å². The molecule has 1 aliphatic rings. The summed E-state index contributed by atoms with van der Waals surface area (Å²) in [6, 6.07) is 10.1. The van der Waals surface area contributed by atoms with Crippen molar-refractivity contribution >= 4 is 23.3 Å². The van der Waals surface area contributed by atoms with Crippen molar-refractivity contribution in [3.8, 4) is 11.5 Å². The average molecular weight is 443 g/mol. The van der Waals surface area contributed by atoms with Gasteiger partial charge >= 0.3 is 6.03 Å². The molecule has 0 unspecified atom stereocenters. The first-order valence-corrected chi connectivity index (χ1v) is 10.6. The Kier molecular flexibility index (Phi) is 5.77. The number of hydrogen-bond donors (Lipinski definition) is 1. The molecule has 0 saturated carbocycles. The van der Waals surface area contributed by atoms with Crippen molar-refractivity contribution in [3.63, 3.8) is 0 Å². The van der Waals surface area contributed by atoms with E-state index in [9.17, 15) is 9.18 Å². The Balaban J connectivity index is 1.62. The Bertz CT molecular complexity index is 1090. The second-order valence-corrected chi connectivity index (χ2v) is 8.24. The molecule has 4 rings (SSSR count). The fraction of sp³-hybridized carbons (Fsp3) is 0.318. The largest absolute Gasteiger partial charge is 0.497 e. The van der Waals surface area contributed by atoms with Gasteiger partial charge in [0.15, 0.2) is 0 Å². The normalized spacial score (nSPS) is 18.1. The molecule has 1 saturated heterocycles. The van der Waals surface area contributed by atoms with Gasteiger partial charge in [0, 0.05) is 19.2 Å². The standard InChI is InChI=1S/C22H23FN4O3S/c1-14-4-5-15(10-17(14)23)22(20-24-13-25-31-20)8-9-27(12-22)21(28)26-18-11-16(29-2)6-7-19(18)30-3/h4-7,10-11,13H,8-9,12H2,1-3H3,(H,26,28)/t22-/m1/s1. The first-order chi connectivity index (χ1) is 15.0. The molecule has 1 aromatic heterocycles. The number of methoxy groups -OCH3 is 2. The van der Waals surface area contributed by atoms with Gasteiger partial charge in [0.05, 0.1) is 25.3 Å². The van der Waals surface area contributed by atoms with Crippen LogP contribution in [0.3, 0.4) is 0 Å². The number of benzene rings is 2. The SMILES string of the molecule is COc1ccc(OC)c(NC(=O)N2CC[C@@](c3ccc(C)c(F)c3)(c3ncns3)C2)c1. The molecule has 162 valence electrons. The molecule has 2 aromatic carbocycles. The number of nitrogens with zero attached hydrogens (tertiary/aromatic N) is 3. The number of aromatic nitrogens is 2. The van der Waals surface area contributed by atoms with E-state index in [-0.39, 0.29) is 11.8 Å². The number of amides is 2. The summed E-state index contributed by atoms with van der Waals surface area (Å²) < 4.78 is 29.1. The lowest BCUT2D eigenvalue weighted by Crippen LogP contribution is -2.37. The maximum atomic E-state index is 14.4. The molecule has 7 nitrogen and oxygen atoms in total. The van der Waals surface area contributed by atoms with Crippen molar-refractivity contribution in [2.75, 3.05) is 32.6 Å². The van der Waals surface area contributed by atoms with E-state index in [0.29, 0.717) is 42.3 Å². The van der Waals surface area contributed by atoms with Gasteiger partial charge in [-0.15, -0.1) is 0 Å². The fourth-order valence-corrected chi connectivity index (χ4v) is 4.64.